The molecule has 0 radical (unpaired) electrons. The maximum atomic E-state index is 13.0. The van der Waals surface area contributed by atoms with E-state index in [9.17, 15) is 13.2 Å². The van der Waals surface area contributed by atoms with Gasteiger partial charge in [0.1, 0.15) is 0 Å². The van der Waals surface area contributed by atoms with E-state index in [0.29, 0.717) is 19.0 Å². The van der Waals surface area contributed by atoms with Crippen molar-refractivity contribution in [1.82, 2.24) is 14.5 Å². The molecule has 2 aliphatic rings. The van der Waals surface area contributed by atoms with Gasteiger partial charge in [0.05, 0.1) is 29.1 Å². The van der Waals surface area contributed by atoms with Crippen LogP contribution in [0.1, 0.15) is 38.6 Å². The van der Waals surface area contributed by atoms with Crippen LogP contribution < -0.4 is 0 Å². The smallest absolute Gasteiger partial charge is 0.233 e. The molecule has 1 aromatic carbocycles. The number of hydrogen-bond donors (Lipinski definition) is 0. The standard InChI is InChI=1S/C21H27N3O3S2/c1-2-11-23(18-10-12-29(26,27)15-18)20(25)14-28-21-22-13-19(24(21)17-8-9-17)16-6-4-3-5-7-16/h3-7,13,17-18H,2,8-12,14-15H2,1H3. The van der Waals surface area contributed by atoms with E-state index in [4.69, 9.17) is 0 Å². The van der Waals surface area contributed by atoms with Gasteiger partial charge >= 0.3 is 0 Å². The first-order valence-corrected chi connectivity index (χ1v) is 13.0. The van der Waals surface area contributed by atoms with Crippen molar-refractivity contribution in [2.24, 2.45) is 0 Å². The normalized spacial score (nSPS) is 20.7. The maximum Gasteiger partial charge on any atom is 0.233 e. The van der Waals surface area contributed by atoms with Crippen LogP contribution in [0.2, 0.25) is 0 Å². The first-order valence-electron chi connectivity index (χ1n) is 10.2. The number of benzene rings is 1. The number of amides is 1. The largest absolute Gasteiger partial charge is 0.338 e. The molecule has 1 aliphatic heterocycles. The van der Waals surface area contributed by atoms with E-state index in [1.54, 1.807) is 4.90 Å². The molecule has 1 saturated heterocycles. The Morgan fingerprint density at radius 3 is 2.62 bits per heavy atom. The fourth-order valence-corrected chi connectivity index (χ4v) is 6.60. The van der Waals surface area contributed by atoms with Crippen molar-refractivity contribution in [3.63, 3.8) is 0 Å². The molecule has 0 N–H and O–H groups in total. The Kier molecular flexibility index (Phi) is 6.01. The SMILES string of the molecule is CCCN(C(=O)CSc1ncc(-c2ccccc2)n1C1CC1)C1CCS(=O)(=O)C1. The quantitative estimate of drug-likeness (QED) is 0.597. The second kappa shape index (κ2) is 8.52. The second-order valence-corrected chi connectivity index (χ2v) is 11.0. The van der Waals surface area contributed by atoms with Gasteiger partial charge in [0.15, 0.2) is 15.0 Å². The third-order valence-corrected chi connectivity index (χ3v) is 8.21. The summed E-state index contributed by atoms with van der Waals surface area (Å²) >= 11 is 1.46. The lowest BCUT2D eigenvalue weighted by molar-refractivity contribution is -0.130. The topological polar surface area (TPSA) is 72.3 Å². The van der Waals surface area contributed by atoms with Gasteiger partial charge in [-0.05, 0) is 31.2 Å². The van der Waals surface area contributed by atoms with E-state index in [-0.39, 0.29) is 29.2 Å². The minimum Gasteiger partial charge on any atom is -0.338 e. The lowest BCUT2D eigenvalue weighted by Gasteiger charge is -2.27. The fourth-order valence-electron chi connectivity index (χ4n) is 3.94. The monoisotopic (exact) mass is 433 g/mol. The first kappa shape index (κ1) is 20.5. The van der Waals surface area contributed by atoms with E-state index in [1.807, 2.05) is 31.3 Å². The molecule has 1 atom stereocenters. The van der Waals surface area contributed by atoms with Crippen LogP contribution in [0.25, 0.3) is 11.3 Å². The van der Waals surface area contributed by atoms with Crippen molar-refractivity contribution in [3.8, 4) is 11.3 Å². The summed E-state index contributed by atoms with van der Waals surface area (Å²) in [6.45, 7) is 2.62. The summed E-state index contributed by atoms with van der Waals surface area (Å²) in [6, 6.07) is 10.5. The lowest BCUT2D eigenvalue weighted by Crippen LogP contribution is -2.42. The van der Waals surface area contributed by atoms with Crippen molar-refractivity contribution >= 4 is 27.5 Å². The number of imidazole rings is 1. The van der Waals surface area contributed by atoms with Gasteiger partial charge in [-0.2, -0.15) is 0 Å². The van der Waals surface area contributed by atoms with Crippen LogP contribution in [0.3, 0.4) is 0 Å². The van der Waals surface area contributed by atoms with E-state index < -0.39 is 9.84 Å². The number of aromatic nitrogens is 2. The average molecular weight is 434 g/mol. The summed E-state index contributed by atoms with van der Waals surface area (Å²) < 4.78 is 26.0. The highest BCUT2D eigenvalue weighted by molar-refractivity contribution is 7.99. The van der Waals surface area contributed by atoms with Crippen LogP contribution in [0, 0.1) is 0 Å². The Hall–Kier alpha value is -1.80. The zero-order valence-electron chi connectivity index (χ0n) is 16.7. The molecule has 1 unspecified atom stereocenters. The molecule has 29 heavy (non-hydrogen) atoms. The number of nitrogens with zero attached hydrogens (tertiary/aromatic N) is 3. The van der Waals surface area contributed by atoms with Gasteiger partial charge in [0.25, 0.3) is 0 Å². The minimum absolute atomic E-state index is 0.00515. The van der Waals surface area contributed by atoms with Crippen LogP contribution in [-0.2, 0) is 14.6 Å². The molecule has 0 spiro atoms. The Labute approximate surface area is 176 Å². The van der Waals surface area contributed by atoms with Crippen LogP contribution in [0.15, 0.2) is 41.7 Å². The molecule has 2 fully saturated rings. The van der Waals surface area contributed by atoms with E-state index in [2.05, 4.69) is 21.7 Å². The predicted octanol–water partition coefficient (Wildman–Crippen LogP) is 3.40. The van der Waals surface area contributed by atoms with E-state index >= 15 is 0 Å². The van der Waals surface area contributed by atoms with Gasteiger partial charge in [-0.3, -0.25) is 4.79 Å². The number of thioether (sulfide) groups is 1. The average Bonchev–Trinajstić information content (AvgIpc) is 3.36. The number of sulfone groups is 1. The molecule has 4 rings (SSSR count). The van der Waals surface area contributed by atoms with Crippen molar-refractivity contribution in [2.75, 3.05) is 23.8 Å². The summed E-state index contributed by atoms with van der Waals surface area (Å²) in [5.74, 6) is 0.572. The van der Waals surface area contributed by atoms with Gasteiger partial charge in [0.2, 0.25) is 5.91 Å². The fraction of sp³-hybridized carbons (Fsp3) is 0.524. The van der Waals surface area contributed by atoms with Gasteiger partial charge in [0, 0.05) is 18.6 Å². The zero-order valence-corrected chi connectivity index (χ0v) is 18.3. The molecule has 2 heterocycles. The van der Waals surface area contributed by atoms with Crippen molar-refractivity contribution in [1.29, 1.82) is 0 Å². The summed E-state index contributed by atoms with van der Waals surface area (Å²) in [5, 5.41) is 0.871. The van der Waals surface area contributed by atoms with E-state index in [1.165, 1.54) is 11.8 Å². The van der Waals surface area contributed by atoms with Crippen molar-refractivity contribution in [2.45, 2.75) is 49.8 Å². The van der Waals surface area contributed by atoms with E-state index in [0.717, 1.165) is 35.7 Å². The molecular weight excluding hydrogens is 406 g/mol. The third kappa shape index (κ3) is 4.69. The highest BCUT2D eigenvalue weighted by atomic mass is 32.2. The molecule has 156 valence electrons. The molecule has 2 aromatic rings. The van der Waals surface area contributed by atoms with Gasteiger partial charge in [-0.15, -0.1) is 0 Å². The second-order valence-electron chi connectivity index (χ2n) is 7.83. The third-order valence-electron chi connectivity index (χ3n) is 5.50. The number of rotatable bonds is 8. The highest BCUT2D eigenvalue weighted by Crippen LogP contribution is 2.42. The molecule has 6 nitrogen and oxygen atoms in total. The molecule has 8 heteroatoms. The molecule has 1 aliphatic carbocycles. The molecule has 1 amide bonds. The number of hydrogen-bond acceptors (Lipinski definition) is 5. The van der Waals surface area contributed by atoms with Crippen LogP contribution in [0.5, 0.6) is 0 Å². The van der Waals surface area contributed by atoms with Crippen LogP contribution in [-0.4, -0.2) is 58.6 Å². The van der Waals surface area contributed by atoms with Gasteiger partial charge in [-0.1, -0.05) is 49.0 Å². The number of carbonyl (C=O) groups excluding carboxylic acids is 1. The maximum absolute atomic E-state index is 13.0. The molecule has 0 bridgehead atoms. The van der Waals surface area contributed by atoms with Crippen molar-refractivity contribution < 1.29 is 13.2 Å². The van der Waals surface area contributed by atoms with Crippen LogP contribution >= 0.6 is 11.8 Å². The Morgan fingerprint density at radius 2 is 2.00 bits per heavy atom. The van der Waals surface area contributed by atoms with Crippen LogP contribution in [0.4, 0.5) is 0 Å². The first-order chi connectivity index (χ1) is 14.0. The predicted molar refractivity (Wildman–Crippen MR) is 116 cm³/mol. The summed E-state index contributed by atoms with van der Waals surface area (Å²) in [5.41, 5.74) is 2.23. The lowest BCUT2D eigenvalue weighted by atomic mass is 10.2. The van der Waals surface area contributed by atoms with Gasteiger partial charge < -0.3 is 9.47 Å². The Balaban J connectivity index is 1.48. The molecule has 1 saturated carbocycles. The van der Waals surface area contributed by atoms with Gasteiger partial charge in [-0.25, -0.2) is 13.4 Å². The molecule has 1 aromatic heterocycles. The zero-order chi connectivity index (χ0) is 20.4. The minimum atomic E-state index is -3.01. The summed E-state index contributed by atoms with van der Waals surface area (Å²) in [7, 11) is -3.01. The summed E-state index contributed by atoms with van der Waals surface area (Å²) in [6.07, 6.45) is 5.54. The summed E-state index contributed by atoms with van der Waals surface area (Å²) in [4.78, 5) is 19.3. The number of carbonyl (C=O) groups is 1. The van der Waals surface area contributed by atoms with Crippen molar-refractivity contribution in [3.05, 3.63) is 36.5 Å². The molecular formula is C21H27N3O3S2. The Bertz CT molecular complexity index is 968. The highest BCUT2D eigenvalue weighted by Gasteiger charge is 2.35. The Morgan fingerprint density at radius 1 is 1.24 bits per heavy atom.